The van der Waals surface area contributed by atoms with Gasteiger partial charge in [0, 0.05) is 31.8 Å². The number of hydrogen-bond acceptors (Lipinski definition) is 3. The lowest BCUT2D eigenvalue weighted by atomic mass is 10.1. The predicted molar refractivity (Wildman–Crippen MR) is 102 cm³/mol. The molecule has 2 aromatic rings. The number of rotatable bonds is 6. The Labute approximate surface area is 153 Å². The summed E-state index contributed by atoms with van der Waals surface area (Å²) in [6.45, 7) is 5.18. The molecule has 0 spiro atoms. The topological polar surface area (TPSA) is 78.5 Å². The molecule has 0 saturated heterocycles. The van der Waals surface area contributed by atoms with Crippen LogP contribution in [0, 0.1) is 6.92 Å². The zero-order valence-electron chi connectivity index (χ0n) is 15.2. The normalized spacial score (nSPS) is 10.1. The highest BCUT2D eigenvalue weighted by Gasteiger charge is 2.15. The number of aryl methyl sites for hydroxylation is 1. The van der Waals surface area contributed by atoms with E-state index in [0.717, 1.165) is 11.1 Å². The maximum absolute atomic E-state index is 12.2. The molecular weight excluding hydrogens is 330 g/mol. The molecule has 26 heavy (non-hydrogen) atoms. The molecule has 0 radical (unpaired) electrons. The number of anilines is 2. The van der Waals surface area contributed by atoms with E-state index in [4.69, 9.17) is 0 Å². The van der Waals surface area contributed by atoms with E-state index in [1.165, 1.54) is 18.7 Å². The molecule has 2 aromatic carbocycles. The minimum absolute atomic E-state index is 0.0688. The zero-order valence-corrected chi connectivity index (χ0v) is 15.2. The average Bonchev–Trinajstić information content (AvgIpc) is 2.59. The first kappa shape index (κ1) is 19.2. The quantitative estimate of drug-likeness (QED) is 0.838. The fraction of sp³-hybridized carbons (Fsp3) is 0.250. The highest BCUT2D eigenvalue weighted by Crippen LogP contribution is 2.18. The van der Waals surface area contributed by atoms with Crippen LogP contribution in [0.4, 0.5) is 11.4 Å². The van der Waals surface area contributed by atoms with Gasteiger partial charge in [0.2, 0.25) is 17.7 Å². The lowest BCUT2D eigenvalue weighted by molar-refractivity contribution is -0.123. The first-order valence-corrected chi connectivity index (χ1v) is 8.33. The van der Waals surface area contributed by atoms with Gasteiger partial charge in [-0.2, -0.15) is 0 Å². The maximum Gasteiger partial charge on any atom is 0.240 e. The van der Waals surface area contributed by atoms with Gasteiger partial charge in [0.15, 0.2) is 0 Å². The van der Waals surface area contributed by atoms with Crippen molar-refractivity contribution in [3.63, 3.8) is 0 Å². The van der Waals surface area contributed by atoms with Crippen molar-refractivity contribution in [2.75, 3.05) is 16.8 Å². The third-order valence-corrected chi connectivity index (χ3v) is 3.79. The largest absolute Gasteiger partial charge is 0.350 e. The fourth-order valence-corrected chi connectivity index (χ4v) is 2.42. The summed E-state index contributed by atoms with van der Waals surface area (Å²) in [4.78, 5) is 36.6. The molecule has 0 aliphatic rings. The van der Waals surface area contributed by atoms with Gasteiger partial charge in [-0.3, -0.25) is 14.4 Å². The molecule has 6 heteroatoms. The van der Waals surface area contributed by atoms with Gasteiger partial charge in [-0.1, -0.05) is 29.8 Å². The molecule has 2 N–H and O–H groups in total. The molecule has 0 aliphatic heterocycles. The lowest BCUT2D eigenvalue weighted by Gasteiger charge is -2.21. The number of benzene rings is 2. The summed E-state index contributed by atoms with van der Waals surface area (Å²) in [5.74, 6) is -0.647. The predicted octanol–water partition coefficient (Wildman–Crippen LogP) is 2.62. The van der Waals surface area contributed by atoms with Gasteiger partial charge in [-0.15, -0.1) is 0 Å². The molecule has 3 amide bonds. The maximum atomic E-state index is 12.2. The van der Waals surface area contributed by atoms with Gasteiger partial charge in [0.25, 0.3) is 0 Å². The van der Waals surface area contributed by atoms with E-state index in [9.17, 15) is 14.4 Å². The Balaban J connectivity index is 1.98. The number of nitrogens with one attached hydrogen (secondary N) is 2. The van der Waals surface area contributed by atoms with Crippen LogP contribution < -0.4 is 15.5 Å². The molecular formula is C20H23N3O3. The van der Waals surface area contributed by atoms with Crippen LogP contribution in [-0.4, -0.2) is 24.3 Å². The van der Waals surface area contributed by atoms with Gasteiger partial charge in [-0.05, 0) is 36.8 Å². The smallest absolute Gasteiger partial charge is 0.240 e. The van der Waals surface area contributed by atoms with E-state index < -0.39 is 0 Å². The molecule has 0 bridgehead atoms. The van der Waals surface area contributed by atoms with Gasteiger partial charge in [0.05, 0.1) is 0 Å². The molecule has 0 fully saturated rings. The Morgan fingerprint density at radius 1 is 0.923 bits per heavy atom. The summed E-state index contributed by atoms with van der Waals surface area (Å²) in [5, 5.41) is 5.48. The van der Waals surface area contributed by atoms with E-state index >= 15 is 0 Å². The van der Waals surface area contributed by atoms with Crippen LogP contribution in [0.15, 0.2) is 48.5 Å². The van der Waals surface area contributed by atoms with E-state index in [2.05, 4.69) is 10.6 Å². The minimum atomic E-state index is -0.244. The third-order valence-electron chi connectivity index (χ3n) is 3.79. The van der Waals surface area contributed by atoms with Crippen molar-refractivity contribution in [2.24, 2.45) is 0 Å². The molecule has 0 unspecified atom stereocenters. The minimum Gasteiger partial charge on any atom is -0.350 e. The molecule has 0 heterocycles. The summed E-state index contributed by atoms with van der Waals surface area (Å²) < 4.78 is 0. The standard InChI is InChI=1S/C20H23N3O3/c1-14-4-6-17(7-5-14)12-21-20(26)13-23(16(3)25)19-10-8-18(9-11-19)22-15(2)24/h4-11H,12-13H2,1-3H3,(H,21,26)(H,22,24). The summed E-state index contributed by atoms with van der Waals surface area (Å²) in [5.41, 5.74) is 3.38. The molecule has 0 saturated carbocycles. The number of nitrogens with zero attached hydrogens (tertiary/aromatic N) is 1. The molecule has 2 rings (SSSR count). The van der Waals surface area contributed by atoms with E-state index in [-0.39, 0.29) is 24.3 Å². The van der Waals surface area contributed by atoms with Crippen LogP contribution in [0.5, 0.6) is 0 Å². The lowest BCUT2D eigenvalue weighted by Crippen LogP contribution is -2.39. The highest BCUT2D eigenvalue weighted by molar-refractivity contribution is 5.97. The van der Waals surface area contributed by atoms with E-state index in [1.54, 1.807) is 24.3 Å². The van der Waals surface area contributed by atoms with Gasteiger partial charge in [-0.25, -0.2) is 0 Å². The summed E-state index contributed by atoms with van der Waals surface area (Å²) >= 11 is 0. The molecule has 136 valence electrons. The second-order valence-corrected chi connectivity index (χ2v) is 6.10. The van der Waals surface area contributed by atoms with Crippen LogP contribution in [-0.2, 0) is 20.9 Å². The number of carbonyl (C=O) groups excluding carboxylic acids is 3. The Morgan fingerprint density at radius 3 is 2.08 bits per heavy atom. The number of hydrogen-bond donors (Lipinski definition) is 2. The Morgan fingerprint density at radius 2 is 1.54 bits per heavy atom. The van der Waals surface area contributed by atoms with Crippen molar-refractivity contribution in [3.05, 3.63) is 59.7 Å². The summed E-state index contributed by atoms with van der Waals surface area (Å²) in [6, 6.07) is 14.7. The van der Waals surface area contributed by atoms with Crippen molar-refractivity contribution in [2.45, 2.75) is 27.3 Å². The van der Waals surface area contributed by atoms with E-state index in [1.807, 2.05) is 31.2 Å². The van der Waals surface area contributed by atoms with Crippen molar-refractivity contribution in [1.82, 2.24) is 5.32 Å². The monoisotopic (exact) mass is 353 g/mol. The molecule has 6 nitrogen and oxygen atoms in total. The summed E-state index contributed by atoms with van der Waals surface area (Å²) in [7, 11) is 0. The first-order chi connectivity index (χ1) is 12.3. The van der Waals surface area contributed by atoms with Crippen molar-refractivity contribution in [1.29, 1.82) is 0 Å². The van der Waals surface area contributed by atoms with Crippen molar-refractivity contribution >= 4 is 29.1 Å². The Hall–Kier alpha value is -3.15. The van der Waals surface area contributed by atoms with Crippen molar-refractivity contribution < 1.29 is 14.4 Å². The average molecular weight is 353 g/mol. The fourth-order valence-electron chi connectivity index (χ4n) is 2.42. The Kier molecular flexibility index (Phi) is 6.49. The Bertz CT molecular complexity index is 783. The van der Waals surface area contributed by atoms with Gasteiger partial charge in [0.1, 0.15) is 6.54 Å². The zero-order chi connectivity index (χ0) is 19.1. The first-order valence-electron chi connectivity index (χ1n) is 8.33. The van der Waals surface area contributed by atoms with Gasteiger partial charge >= 0.3 is 0 Å². The second kappa shape index (κ2) is 8.80. The molecule has 0 atom stereocenters. The van der Waals surface area contributed by atoms with Crippen LogP contribution in [0.25, 0.3) is 0 Å². The number of carbonyl (C=O) groups is 3. The van der Waals surface area contributed by atoms with Crippen LogP contribution >= 0.6 is 0 Å². The summed E-state index contributed by atoms with van der Waals surface area (Å²) in [6.07, 6.45) is 0. The van der Waals surface area contributed by atoms with Crippen LogP contribution in [0.3, 0.4) is 0 Å². The van der Waals surface area contributed by atoms with Gasteiger partial charge < -0.3 is 15.5 Å². The molecule has 0 aliphatic carbocycles. The van der Waals surface area contributed by atoms with Crippen LogP contribution in [0.2, 0.25) is 0 Å². The van der Waals surface area contributed by atoms with Crippen LogP contribution in [0.1, 0.15) is 25.0 Å². The SMILES string of the molecule is CC(=O)Nc1ccc(N(CC(=O)NCc2ccc(C)cc2)C(C)=O)cc1. The highest BCUT2D eigenvalue weighted by atomic mass is 16.2. The third kappa shape index (κ3) is 5.73. The van der Waals surface area contributed by atoms with E-state index in [0.29, 0.717) is 17.9 Å². The second-order valence-electron chi connectivity index (χ2n) is 6.10. The van der Waals surface area contributed by atoms with Crippen molar-refractivity contribution in [3.8, 4) is 0 Å². The molecule has 0 aromatic heterocycles. The number of amides is 3.